The molecule has 1 unspecified atom stereocenters. The van der Waals surface area contributed by atoms with Gasteiger partial charge in [-0.2, -0.15) is 0 Å². The Kier molecular flexibility index (Phi) is 8.52. The molecule has 7 nitrogen and oxygen atoms in total. The number of methoxy groups -OCH3 is 2. The average molecular weight is 544 g/mol. The van der Waals surface area contributed by atoms with Gasteiger partial charge in [0.1, 0.15) is 23.0 Å². The number of aliphatic hydroxyl groups excluding tert-OH is 1. The van der Waals surface area contributed by atoms with Crippen LogP contribution < -0.4 is 14.2 Å². The van der Waals surface area contributed by atoms with Crippen LogP contribution in [0.5, 0.6) is 17.2 Å². The zero-order valence-corrected chi connectivity index (χ0v) is 24.1. The molecule has 0 radical (unpaired) electrons. The van der Waals surface area contributed by atoms with E-state index in [4.69, 9.17) is 14.2 Å². The predicted octanol–water partition coefficient (Wildman–Crippen LogP) is 6.54. The predicted molar refractivity (Wildman–Crippen MR) is 155 cm³/mol. The lowest BCUT2D eigenvalue weighted by atomic mass is 9.91. The number of benzene rings is 3. The molecular weight excluding hydrogens is 506 g/mol. The minimum atomic E-state index is -0.790. The normalized spacial score (nSPS) is 16.6. The van der Waals surface area contributed by atoms with Crippen LogP contribution >= 0.6 is 0 Å². The van der Waals surface area contributed by atoms with Crippen molar-refractivity contribution in [1.29, 1.82) is 0 Å². The van der Waals surface area contributed by atoms with Gasteiger partial charge in [0.05, 0.1) is 31.9 Å². The standard InChI is InChI=1S/C33H37NO6/c1-19(2)26-17-27(21(5)16-28(26)39-7)31(35)29-30(23-10-14-24(38-6)15-11-23)34(33(37)32(29)36)18-22-8-12-25(13-9-22)40-20(3)4/h8-17,19-20,30,35H,18H2,1-7H3/b31-29+. The van der Waals surface area contributed by atoms with E-state index in [1.165, 1.54) is 4.90 Å². The largest absolute Gasteiger partial charge is 0.507 e. The summed E-state index contributed by atoms with van der Waals surface area (Å²) < 4.78 is 16.6. The van der Waals surface area contributed by atoms with E-state index >= 15 is 0 Å². The fourth-order valence-corrected chi connectivity index (χ4v) is 5.04. The zero-order chi connectivity index (χ0) is 29.1. The summed E-state index contributed by atoms with van der Waals surface area (Å²) in [7, 11) is 3.18. The van der Waals surface area contributed by atoms with Crippen LogP contribution in [0, 0.1) is 6.92 Å². The molecule has 40 heavy (non-hydrogen) atoms. The highest BCUT2D eigenvalue weighted by atomic mass is 16.5. The second kappa shape index (κ2) is 11.9. The molecule has 1 aliphatic rings. The second-order valence-corrected chi connectivity index (χ2v) is 10.6. The zero-order valence-electron chi connectivity index (χ0n) is 24.1. The topological polar surface area (TPSA) is 85.3 Å². The molecule has 0 aliphatic carbocycles. The number of aryl methyl sites for hydroxylation is 1. The third kappa shape index (κ3) is 5.69. The van der Waals surface area contributed by atoms with Crippen LogP contribution in [-0.4, -0.2) is 42.0 Å². The summed E-state index contributed by atoms with van der Waals surface area (Å²) in [5.41, 5.74) is 3.71. The SMILES string of the molecule is COc1ccc(C2/C(=C(\O)c3cc(C(C)C)c(OC)cc3C)C(=O)C(=O)N2Cc2ccc(OC(C)C)cc2)cc1. The van der Waals surface area contributed by atoms with Crippen molar-refractivity contribution >= 4 is 17.4 Å². The van der Waals surface area contributed by atoms with Gasteiger partial charge < -0.3 is 24.2 Å². The molecule has 1 fully saturated rings. The first kappa shape index (κ1) is 28.7. The number of carbonyl (C=O) groups is 2. The Balaban J connectivity index is 1.84. The van der Waals surface area contributed by atoms with E-state index in [2.05, 4.69) is 0 Å². The Hall–Kier alpha value is -4.26. The smallest absolute Gasteiger partial charge is 0.295 e. The number of nitrogens with zero attached hydrogens (tertiary/aromatic N) is 1. The number of ether oxygens (including phenoxy) is 3. The van der Waals surface area contributed by atoms with Crippen molar-refractivity contribution in [3.8, 4) is 17.2 Å². The lowest BCUT2D eigenvalue weighted by molar-refractivity contribution is -0.140. The first-order valence-corrected chi connectivity index (χ1v) is 13.4. The minimum Gasteiger partial charge on any atom is -0.507 e. The number of amides is 1. The lowest BCUT2D eigenvalue weighted by Gasteiger charge is -2.26. The second-order valence-electron chi connectivity index (χ2n) is 10.6. The van der Waals surface area contributed by atoms with Crippen LogP contribution in [0.25, 0.3) is 5.76 Å². The van der Waals surface area contributed by atoms with E-state index in [0.29, 0.717) is 22.6 Å². The van der Waals surface area contributed by atoms with E-state index in [9.17, 15) is 14.7 Å². The van der Waals surface area contributed by atoms with E-state index in [-0.39, 0.29) is 29.9 Å². The van der Waals surface area contributed by atoms with E-state index < -0.39 is 17.7 Å². The summed E-state index contributed by atoms with van der Waals surface area (Å²) in [6.45, 7) is 10.0. The van der Waals surface area contributed by atoms with Gasteiger partial charge >= 0.3 is 0 Å². The molecule has 1 saturated heterocycles. The van der Waals surface area contributed by atoms with Gasteiger partial charge in [0.2, 0.25) is 0 Å². The molecule has 0 spiro atoms. The Morgan fingerprint density at radius 1 is 0.900 bits per heavy atom. The fourth-order valence-electron chi connectivity index (χ4n) is 5.04. The summed E-state index contributed by atoms with van der Waals surface area (Å²) >= 11 is 0. The van der Waals surface area contributed by atoms with Gasteiger partial charge in [-0.05, 0) is 85.3 Å². The summed E-state index contributed by atoms with van der Waals surface area (Å²) in [5.74, 6) is 0.604. The van der Waals surface area contributed by atoms with E-state index in [0.717, 1.165) is 22.4 Å². The molecule has 1 amide bonds. The van der Waals surface area contributed by atoms with Gasteiger partial charge in [-0.15, -0.1) is 0 Å². The van der Waals surface area contributed by atoms with Gasteiger partial charge in [0, 0.05) is 12.1 Å². The number of Topliss-reactive ketones (excluding diaryl/α,β-unsaturated/α-hetero) is 1. The Morgan fingerprint density at radius 2 is 1.52 bits per heavy atom. The Labute approximate surface area is 236 Å². The molecular formula is C33H37NO6. The first-order chi connectivity index (χ1) is 19.0. The van der Waals surface area contributed by atoms with Gasteiger partial charge in [0.25, 0.3) is 11.7 Å². The number of carbonyl (C=O) groups excluding carboxylic acids is 2. The average Bonchev–Trinajstić information content (AvgIpc) is 3.18. The van der Waals surface area contributed by atoms with Gasteiger partial charge in [0.15, 0.2) is 0 Å². The molecule has 7 heteroatoms. The van der Waals surface area contributed by atoms with Crippen LogP contribution in [0.3, 0.4) is 0 Å². The number of hydrogen-bond acceptors (Lipinski definition) is 6. The highest BCUT2D eigenvalue weighted by molar-refractivity contribution is 6.46. The van der Waals surface area contributed by atoms with Crippen molar-refractivity contribution in [3.63, 3.8) is 0 Å². The molecule has 210 valence electrons. The maximum absolute atomic E-state index is 13.6. The number of aliphatic hydroxyl groups is 1. The minimum absolute atomic E-state index is 0.0383. The van der Waals surface area contributed by atoms with Crippen molar-refractivity contribution in [2.45, 2.75) is 59.2 Å². The number of hydrogen-bond donors (Lipinski definition) is 1. The van der Waals surface area contributed by atoms with Crippen molar-refractivity contribution in [1.82, 2.24) is 4.90 Å². The van der Waals surface area contributed by atoms with Crippen LogP contribution in [0.15, 0.2) is 66.2 Å². The van der Waals surface area contributed by atoms with Crippen LogP contribution in [0.4, 0.5) is 0 Å². The molecule has 3 aromatic carbocycles. The maximum Gasteiger partial charge on any atom is 0.295 e. The monoisotopic (exact) mass is 543 g/mol. The fraction of sp³-hybridized carbons (Fsp3) is 0.333. The van der Waals surface area contributed by atoms with Crippen molar-refractivity contribution in [2.24, 2.45) is 0 Å². The highest BCUT2D eigenvalue weighted by Gasteiger charge is 2.46. The highest BCUT2D eigenvalue weighted by Crippen LogP contribution is 2.42. The van der Waals surface area contributed by atoms with E-state index in [1.807, 2.05) is 83.1 Å². The summed E-state index contributed by atoms with van der Waals surface area (Å²) in [6.07, 6.45) is 0.0383. The molecule has 3 aromatic rings. The third-order valence-corrected chi connectivity index (χ3v) is 7.07. The van der Waals surface area contributed by atoms with Crippen molar-refractivity contribution in [3.05, 3.63) is 94.1 Å². The first-order valence-electron chi connectivity index (χ1n) is 13.4. The molecule has 1 atom stereocenters. The van der Waals surface area contributed by atoms with Crippen LogP contribution in [0.1, 0.15) is 67.5 Å². The quantitative estimate of drug-likeness (QED) is 0.187. The number of rotatable bonds is 9. The molecule has 4 rings (SSSR count). The number of ketones is 1. The third-order valence-electron chi connectivity index (χ3n) is 7.07. The summed E-state index contributed by atoms with van der Waals surface area (Å²) in [4.78, 5) is 28.6. The Morgan fingerprint density at radius 3 is 2.08 bits per heavy atom. The molecule has 0 saturated carbocycles. The van der Waals surface area contributed by atoms with Crippen molar-refractivity contribution in [2.75, 3.05) is 14.2 Å². The van der Waals surface area contributed by atoms with Crippen molar-refractivity contribution < 1.29 is 28.9 Å². The van der Waals surface area contributed by atoms with Gasteiger partial charge in [-0.25, -0.2) is 0 Å². The number of likely N-dealkylation sites (tertiary alicyclic amines) is 1. The van der Waals surface area contributed by atoms with Gasteiger partial charge in [-0.3, -0.25) is 9.59 Å². The maximum atomic E-state index is 13.6. The van der Waals surface area contributed by atoms with Crippen LogP contribution in [-0.2, 0) is 16.1 Å². The van der Waals surface area contributed by atoms with Gasteiger partial charge in [-0.1, -0.05) is 38.1 Å². The van der Waals surface area contributed by atoms with Crippen LogP contribution in [0.2, 0.25) is 0 Å². The lowest BCUT2D eigenvalue weighted by Crippen LogP contribution is -2.29. The summed E-state index contributed by atoms with van der Waals surface area (Å²) in [5, 5.41) is 11.7. The molecule has 0 bridgehead atoms. The Bertz CT molecular complexity index is 1420. The molecule has 0 aromatic heterocycles. The molecule has 1 N–H and O–H groups in total. The molecule has 1 heterocycles. The molecule has 1 aliphatic heterocycles. The van der Waals surface area contributed by atoms with E-state index in [1.54, 1.807) is 26.4 Å². The summed E-state index contributed by atoms with van der Waals surface area (Å²) in [6, 6.07) is 17.6.